The normalized spacial score (nSPS) is 14.6. The van der Waals surface area contributed by atoms with Gasteiger partial charge in [0.25, 0.3) is 0 Å². The zero-order chi connectivity index (χ0) is 28.9. The standard InChI is InChI=1S/C30H35N3O7/c1-19(31-28(36)38-18-20-10-6-5-7-11-20)26(34)32-24(27(35)39-22-14-15-22)16-21-17-33(29(37)40-30(2,3)4)25-13-9-8-12-23(21)25/h5-13,17,19,22,24H,14-16,18H2,1-4H3,(H,31,36)(H,32,34)/t19?,24-/m0/s1. The third-order valence-corrected chi connectivity index (χ3v) is 6.16. The van der Waals surface area contributed by atoms with Gasteiger partial charge in [-0.15, -0.1) is 0 Å². The van der Waals surface area contributed by atoms with Crippen LogP contribution in [0.3, 0.4) is 0 Å². The minimum absolute atomic E-state index is 0.0546. The van der Waals surface area contributed by atoms with Crippen LogP contribution >= 0.6 is 0 Å². The molecule has 1 aliphatic rings. The molecule has 10 nitrogen and oxygen atoms in total. The molecule has 4 rings (SSSR count). The summed E-state index contributed by atoms with van der Waals surface area (Å²) in [7, 11) is 0. The Kier molecular flexibility index (Phi) is 8.77. The topological polar surface area (TPSA) is 125 Å². The molecular formula is C30H35N3O7. The molecule has 2 atom stereocenters. The van der Waals surface area contributed by atoms with Crippen molar-refractivity contribution in [2.75, 3.05) is 0 Å². The number of ether oxygens (including phenoxy) is 3. The van der Waals surface area contributed by atoms with Crippen molar-refractivity contribution in [1.29, 1.82) is 0 Å². The molecule has 1 heterocycles. The van der Waals surface area contributed by atoms with Crippen LogP contribution < -0.4 is 10.6 Å². The molecule has 1 fully saturated rings. The number of fused-ring (bicyclic) bond motifs is 1. The van der Waals surface area contributed by atoms with Crippen molar-refractivity contribution in [3.05, 3.63) is 71.9 Å². The Bertz CT molecular complexity index is 1370. The summed E-state index contributed by atoms with van der Waals surface area (Å²) in [6.45, 7) is 6.90. The van der Waals surface area contributed by atoms with Crippen LogP contribution in [0.4, 0.5) is 9.59 Å². The van der Waals surface area contributed by atoms with Gasteiger partial charge in [0.2, 0.25) is 5.91 Å². The van der Waals surface area contributed by atoms with Gasteiger partial charge in [0.15, 0.2) is 0 Å². The van der Waals surface area contributed by atoms with Crippen molar-refractivity contribution in [2.24, 2.45) is 0 Å². The number of alkyl carbamates (subject to hydrolysis) is 1. The maximum atomic E-state index is 13.1. The fourth-order valence-corrected chi connectivity index (χ4v) is 4.02. The van der Waals surface area contributed by atoms with Crippen molar-refractivity contribution in [1.82, 2.24) is 15.2 Å². The lowest BCUT2D eigenvalue weighted by molar-refractivity contribution is -0.149. The van der Waals surface area contributed by atoms with Crippen LogP contribution in [0.1, 0.15) is 51.7 Å². The fraction of sp³-hybridized carbons (Fsp3) is 0.400. The van der Waals surface area contributed by atoms with Gasteiger partial charge in [-0.05, 0) is 57.7 Å². The number of rotatable bonds is 9. The molecule has 0 bridgehead atoms. The zero-order valence-electron chi connectivity index (χ0n) is 23.1. The van der Waals surface area contributed by atoms with Crippen LogP contribution in [0.2, 0.25) is 0 Å². The van der Waals surface area contributed by atoms with Gasteiger partial charge in [0.05, 0.1) is 5.52 Å². The second-order valence-corrected chi connectivity index (χ2v) is 10.9. The van der Waals surface area contributed by atoms with E-state index in [9.17, 15) is 19.2 Å². The van der Waals surface area contributed by atoms with Gasteiger partial charge < -0.3 is 24.8 Å². The smallest absolute Gasteiger partial charge is 0.419 e. The van der Waals surface area contributed by atoms with Gasteiger partial charge in [-0.25, -0.2) is 14.4 Å². The summed E-state index contributed by atoms with van der Waals surface area (Å²) >= 11 is 0. The monoisotopic (exact) mass is 549 g/mol. The van der Waals surface area contributed by atoms with Gasteiger partial charge in [-0.2, -0.15) is 0 Å². The number of carbonyl (C=O) groups excluding carboxylic acids is 4. The zero-order valence-corrected chi connectivity index (χ0v) is 23.1. The summed E-state index contributed by atoms with van der Waals surface area (Å²) in [6, 6.07) is 14.4. The SMILES string of the molecule is CC(NC(=O)OCc1ccccc1)C(=O)N[C@@H](Cc1cn(C(=O)OC(C)(C)C)c2ccccc12)C(=O)OC1CC1. The molecule has 2 N–H and O–H groups in total. The molecule has 0 spiro atoms. The molecule has 3 aromatic rings. The Balaban J connectivity index is 1.47. The van der Waals surface area contributed by atoms with E-state index in [2.05, 4.69) is 10.6 Å². The first kappa shape index (κ1) is 28.7. The summed E-state index contributed by atoms with van der Waals surface area (Å²) in [4.78, 5) is 51.2. The van der Waals surface area contributed by atoms with E-state index in [-0.39, 0.29) is 19.1 Å². The van der Waals surface area contributed by atoms with Gasteiger partial charge in [0.1, 0.15) is 30.4 Å². The van der Waals surface area contributed by atoms with Crippen LogP contribution in [-0.4, -0.2) is 52.4 Å². The summed E-state index contributed by atoms with van der Waals surface area (Å²) < 4.78 is 17.7. The number of aromatic nitrogens is 1. The summed E-state index contributed by atoms with van der Waals surface area (Å²) in [5.41, 5.74) is 1.38. The highest BCUT2D eigenvalue weighted by Gasteiger charge is 2.33. The third-order valence-electron chi connectivity index (χ3n) is 6.16. The molecule has 212 valence electrons. The molecular weight excluding hydrogens is 514 g/mol. The Morgan fingerprint density at radius 2 is 1.65 bits per heavy atom. The summed E-state index contributed by atoms with van der Waals surface area (Å²) in [5.74, 6) is -1.16. The summed E-state index contributed by atoms with van der Waals surface area (Å²) in [5, 5.41) is 5.94. The largest absolute Gasteiger partial charge is 0.461 e. The minimum Gasteiger partial charge on any atom is -0.461 e. The number of nitrogens with one attached hydrogen (secondary N) is 2. The number of nitrogens with zero attached hydrogens (tertiary/aromatic N) is 1. The predicted octanol–water partition coefficient (Wildman–Crippen LogP) is 4.47. The molecule has 2 aromatic carbocycles. The highest BCUT2D eigenvalue weighted by atomic mass is 16.6. The Morgan fingerprint density at radius 3 is 2.33 bits per heavy atom. The lowest BCUT2D eigenvalue weighted by Gasteiger charge is -2.20. The maximum absolute atomic E-state index is 13.1. The van der Waals surface area contributed by atoms with Crippen molar-refractivity contribution >= 4 is 35.0 Å². The first-order chi connectivity index (χ1) is 19.0. The van der Waals surface area contributed by atoms with E-state index in [1.165, 1.54) is 11.5 Å². The number of esters is 1. The van der Waals surface area contributed by atoms with E-state index in [1.807, 2.05) is 42.5 Å². The minimum atomic E-state index is -1.05. The van der Waals surface area contributed by atoms with E-state index in [1.54, 1.807) is 39.1 Å². The van der Waals surface area contributed by atoms with Gasteiger partial charge in [-0.1, -0.05) is 48.5 Å². The Morgan fingerprint density at radius 1 is 0.975 bits per heavy atom. The molecule has 1 aliphatic carbocycles. The average molecular weight is 550 g/mol. The highest BCUT2D eigenvalue weighted by Crippen LogP contribution is 2.27. The molecule has 0 aliphatic heterocycles. The van der Waals surface area contributed by atoms with Gasteiger partial charge >= 0.3 is 18.2 Å². The lowest BCUT2D eigenvalue weighted by atomic mass is 10.0. The van der Waals surface area contributed by atoms with Crippen LogP contribution in [0.15, 0.2) is 60.8 Å². The van der Waals surface area contributed by atoms with Crippen molar-refractivity contribution < 1.29 is 33.4 Å². The third kappa shape index (κ3) is 7.84. The number of amides is 2. The van der Waals surface area contributed by atoms with E-state index in [0.717, 1.165) is 23.8 Å². The number of hydrogen-bond donors (Lipinski definition) is 2. The van der Waals surface area contributed by atoms with E-state index in [0.29, 0.717) is 11.1 Å². The lowest BCUT2D eigenvalue weighted by Crippen LogP contribution is -2.51. The van der Waals surface area contributed by atoms with Crippen LogP contribution in [0.25, 0.3) is 10.9 Å². The van der Waals surface area contributed by atoms with E-state index < -0.39 is 41.7 Å². The van der Waals surface area contributed by atoms with Crippen molar-refractivity contribution in [3.8, 4) is 0 Å². The van der Waals surface area contributed by atoms with Gasteiger partial charge in [-0.3, -0.25) is 9.36 Å². The summed E-state index contributed by atoms with van der Waals surface area (Å²) in [6.07, 6.45) is 1.75. The molecule has 1 aromatic heterocycles. The molecule has 2 amide bonds. The predicted molar refractivity (Wildman–Crippen MR) is 148 cm³/mol. The van der Waals surface area contributed by atoms with Crippen LogP contribution in [0, 0.1) is 0 Å². The number of benzene rings is 2. The highest BCUT2D eigenvalue weighted by molar-refractivity contribution is 5.93. The molecule has 1 unspecified atom stereocenters. The fourth-order valence-electron chi connectivity index (χ4n) is 4.02. The number of para-hydroxylation sites is 1. The number of carbonyl (C=O) groups is 4. The van der Waals surface area contributed by atoms with Crippen LogP contribution in [0.5, 0.6) is 0 Å². The molecule has 1 saturated carbocycles. The van der Waals surface area contributed by atoms with Crippen LogP contribution in [-0.2, 0) is 36.8 Å². The molecule has 40 heavy (non-hydrogen) atoms. The first-order valence-corrected chi connectivity index (χ1v) is 13.3. The van der Waals surface area contributed by atoms with Gasteiger partial charge in [0, 0.05) is 18.0 Å². The second-order valence-electron chi connectivity index (χ2n) is 10.9. The molecule has 0 saturated heterocycles. The second kappa shape index (κ2) is 12.2. The van der Waals surface area contributed by atoms with E-state index >= 15 is 0 Å². The molecule has 10 heteroatoms. The molecule has 0 radical (unpaired) electrons. The quantitative estimate of drug-likeness (QED) is 0.298. The Hall–Kier alpha value is -4.34. The van der Waals surface area contributed by atoms with E-state index in [4.69, 9.17) is 14.2 Å². The Labute approximate surface area is 233 Å². The van der Waals surface area contributed by atoms with Crippen molar-refractivity contribution in [2.45, 2.75) is 77.4 Å². The first-order valence-electron chi connectivity index (χ1n) is 13.3. The average Bonchev–Trinajstić information content (AvgIpc) is 3.65. The number of hydrogen-bond acceptors (Lipinski definition) is 7. The maximum Gasteiger partial charge on any atom is 0.419 e. The van der Waals surface area contributed by atoms with Crippen molar-refractivity contribution in [3.63, 3.8) is 0 Å².